The first-order valence-electron chi connectivity index (χ1n) is 8.21. The fourth-order valence-corrected chi connectivity index (χ4v) is 3.87. The third-order valence-electron chi connectivity index (χ3n) is 4.77. The third-order valence-corrected chi connectivity index (χ3v) is 4.77. The molecule has 3 rings (SSSR count). The minimum absolute atomic E-state index is 0.0569. The van der Waals surface area contributed by atoms with Gasteiger partial charge in [0, 0.05) is 44.1 Å². The van der Waals surface area contributed by atoms with E-state index in [4.69, 9.17) is 0 Å². The highest BCUT2D eigenvalue weighted by Crippen LogP contribution is 2.47. The van der Waals surface area contributed by atoms with Crippen molar-refractivity contribution < 1.29 is 14.0 Å². The molecule has 0 saturated carbocycles. The maximum atomic E-state index is 13.7. The maximum Gasteiger partial charge on any atom is 0.242 e. The van der Waals surface area contributed by atoms with Gasteiger partial charge in [0.05, 0.1) is 0 Å². The fourth-order valence-electron chi connectivity index (χ4n) is 3.87. The van der Waals surface area contributed by atoms with Gasteiger partial charge in [0.1, 0.15) is 5.82 Å². The number of hydrogen-bond donors (Lipinski definition) is 0. The van der Waals surface area contributed by atoms with E-state index in [1.807, 2.05) is 13.8 Å². The Morgan fingerprint density at radius 3 is 2.54 bits per heavy atom. The summed E-state index contributed by atoms with van der Waals surface area (Å²) in [5, 5.41) is 3.35. The molecule has 0 saturated heterocycles. The predicted molar refractivity (Wildman–Crippen MR) is 89.3 cm³/mol. The number of rotatable bonds is 2. The molecule has 0 N–H and O–H groups in total. The van der Waals surface area contributed by atoms with E-state index in [0.29, 0.717) is 24.0 Å². The molecule has 128 valence electrons. The molecule has 4 nitrogen and oxygen atoms in total. The second kappa shape index (κ2) is 5.81. The van der Waals surface area contributed by atoms with Crippen LogP contribution in [0.2, 0.25) is 0 Å². The lowest BCUT2D eigenvalue weighted by Gasteiger charge is -2.44. The van der Waals surface area contributed by atoms with Crippen LogP contribution in [-0.4, -0.2) is 35.8 Å². The predicted octanol–water partition coefficient (Wildman–Crippen LogP) is 3.26. The van der Waals surface area contributed by atoms with E-state index in [-0.39, 0.29) is 35.3 Å². The third kappa shape index (κ3) is 2.88. The average molecular weight is 330 g/mol. The molecule has 0 fully saturated rings. The molecular weight excluding hydrogens is 307 g/mol. The summed E-state index contributed by atoms with van der Waals surface area (Å²) in [7, 11) is 3.61. The summed E-state index contributed by atoms with van der Waals surface area (Å²) in [4.78, 5) is 25.6. The zero-order valence-corrected chi connectivity index (χ0v) is 14.6. The molecule has 24 heavy (non-hydrogen) atoms. The SMILES string of the molecule is CN(C)N1C(=O)C[C@@H](c2cccc(F)c2)C2=C1CC(C)(C)CC2=O. The summed E-state index contributed by atoms with van der Waals surface area (Å²) < 4.78 is 13.7. The van der Waals surface area contributed by atoms with Crippen LogP contribution in [0.5, 0.6) is 0 Å². The van der Waals surface area contributed by atoms with E-state index < -0.39 is 0 Å². The van der Waals surface area contributed by atoms with Gasteiger partial charge in [-0.1, -0.05) is 26.0 Å². The van der Waals surface area contributed by atoms with Crippen LogP contribution in [0, 0.1) is 11.2 Å². The largest absolute Gasteiger partial charge is 0.294 e. The van der Waals surface area contributed by atoms with E-state index in [1.165, 1.54) is 12.1 Å². The summed E-state index contributed by atoms with van der Waals surface area (Å²) in [5.74, 6) is -0.697. The van der Waals surface area contributed by atoms with Gasteiger partial charge in [-0.05, 0) is 29.5 Å². The molecule has 0 bridgehead atoms. The van der Waals surface area contributed by atoms with Gasteiger partial charge in [0.15, 0.2) is 5.78 Å². The highest BCUT2D eigenvalue weighted by Gasteiger charge is 2.44. The number of allylic oxidation sites excluding steroid dienone is 2. The van der Waals surface area contributed by atoms with Crippen molar-refractivity contribution >= 4 is 11.7 Å². The van der Waals surface area contributed by atoms with Crippen LogP contribution >= 0.6 is 0 Å². The zero-order chi connectivity index (χ0) is 17.6. The first kappa shape index (κ1) is 16.8. The topological polar surface area (TPSA) is 40.6 Å². The molecule has 1 heterocycles. The van der Waals surface area contributed by atoms with Crippen LogP contribution in [0.1, 0.15) is 44.6 Å². The van der Waals surface area contributed by atoms with E-state index in [0.717, 1.165) is 5.70 Å². The van der Waals surface area contributed by atoms with Crippen molar-refractivity contribution in [2.75, 3.05) is 14.1 Å². The summed E-state index contributed by atoms with van der Waals surface area (Å²) in [6.45, 7) is 4.08. The molecule has 5 heteroatoms. The number of carbonyl (C=O) groups is 2. The Hall–Kier alpha value is -2.01. The normalized spacial score (nSPS) is 23.8. The lowest BCUT2D eigenvalue weighted by Crippen LogP contribution is -2.49. The molecule has 1 aliphatic carbocycles. The van der Waals surface area contributed by atoms with Crippen molar-refractivity contribution in [2.24, 2.45) is 5.41 Å². The van der Waals surface area contributed by atoms with Gasteiger partial charge in [0.25, 0.3) is 0 Å². The second-order valence-corrected chi connectivity index (χ2v) is 7.67. The van der Waals surface area contributed by atoms with Gasteiger partial charge >= 0.3 is 0 Å². The minimum Gasteiger partial charge on any atom is -0.294 e. The number of Topliss-reactive ketones (excluding diaryl/α,β-unsaturated/α-hetero) is 1. The Balaban J connectivity index is 2.17. The van der Waals surface area contributed by atoms with Crippen molar-refractivity contribution in [1.82, 2.24) is 10.0 Å². The second-order valence-electron chi connectivity index (χ2n) is 7.67. The Kier molecular flexibility index (Phi) is 4.08. The van der Waals surface area contributed by atoms with Crippen molar-refractivity contribution in [3.05, 3.63) is 46.9 Å². The lowest BCUT2D eigenvalue weighted by molar-refractivity contribution is -0.143. The number of carbonyl (C=O) groups excluding carboxylic acids is 2. The summed E-state index contributed by atoms with van der Waals surface area (Å²) >= 11 is 0. The molecule has 0 aromatic heterocycles. The molecule has 0 radical (unpaired) electrons. The van der Waals surface area contributed by atoms with Gasteiger partial charge in [-0.15, -0.1) is 0 Å². The van der Waals surface area contributed by atoms with Crippen LogP contribution in [0.25, 0.3) is 0 Å². The van der Waals surface area contributed by atoms with Gasteiger partial charge in [-0.25, -0.2) is 14.4 Å². The highest BCUT2D eigenvalue weighted by atomic mass is 19.1. The molecular formula is C19H23FN2O2. The number of ketones is 1. The van der Waals surface area contributed by atoms with Crippen molar-refractivity contribution in [3.63, 3.8) is 0 Å². The lowest BCUT2D eigenvalue weighted by atomic mass is 9.69. The summed E-state index contributed by atoms with van der Waals surface area (Å²) in [6, 6.07) is 6.23. The van der Waals surface area contributed by atoms with E-state index in [9.17, 15) is 14.0 Å². The van der Waals surface area contributed by atoms with Gasteiger partial charge in [-0.3, -0.25) is 9.59 Å². The van der Waals surface area contributed by atoms with Crippen molar-refractivity contribution in [3.8, 4) is 0 Å². The standard InChI is InChI=1S/C19H23FN2O2/c1-19(2)10-15-18(16(23)11-19)14(9-17(24)22(15)21(3)4)12-6-5-7-13(20)8-12/h5-8,14H,9-11H2,1-4H3/t14-/m0/s1. The van der Waals surface area contributed by atoms with Gasteiger partial charge in [0.2, 0.25) is 5.91 Å². The highest BCUT2D eigenvalue weighted by molar-refractivity contribution is 6.01. The number of hydrazine groups is 1. The van der Waals surface area contributed by atoms with Crippen LogP contribution in [0.15, 0.2) is 35.5 Å². The molecule has 0 unspecified atom stereocenters. The Morgan fingerprint density at radius 1 is 1.21 bits per heavy atom. The number of amides is 1. The number of halogens is 1. The Labute approximate surface area is 141 Å². The molecule has 1 amide bonds. The number of nitrogens with zero attached hydrogens (tertiary/aromatic N) is 2. The Morgan fingerprint density at radius 2 is 1.92 bits per heavy atom. The van der Waals surface area contributed by atoms with Crippen LogP contribution < -0.4 is 0 Å². The smallest absolute Gasteiger partial charge is 0.242 e. The first-order valence-corrected chi connectivity index (χ1v) is 8.21. The molecule has 2 aliphatic rings. The molecule has 0 spiro atoms. The molecule has 1 atom stereocenters. The van der Waals surface area contributed by atoms with Crippen LogP contribution in [-0.2, 0) is 9.59 Å². The van der Waals surface area contributed by atoms with Crippen LogP contribution in [0.3, 0.4) is 0 Å². The van der Waals surface area contributed by atoms with E-state index in [1.54, 1.807) is 36.2 Å². The monoisotopic (exact) mass is 330 g/mol. The van der Waals surface area contributed by atoms with Crippen LogP contribution in [0.4, 0.5) is 4.39 Å². The summed E-state index contributed by atoms with van der Waals surface area (Å²) in [5.41, 5.74) is 1.95. The van der Waals surface area contributed by atoms with Crippen molar-refractivity contribution in [1.29, 1.82) is 0 Å². The fraction of sp³-hybridized carbons (Fsp3) is 0.474. The van der Waals surface area contributed by atoms with E-state index >= 15 is 0 Å². The average Bonchev–Trinajstić information content (AvgIpc) is 2.44. The summed E-state index contributed by atoms with van der Waals surface area (Å²) in [6.07, 6.45) is 1.30. The molecule has 1 aromatic rings. The molecule has 1 aliphatic heterocycles. The first-order chi connectivity index (χ1) is 11.2. The number of hydrogen-bond acceptors (Lipinski definition) is 3. The Bertz CT molecular complexity index is 737. The van der Waals surface area contributed by atoms with E-state index in [2.05, 4.69) is 0 Å². The zero-order valence-electron chi connectivity index (χ0n) is 14.6. The van der Waals surface area contributed by atoms with Gasteiger partial charge < -0.3 is 0 Å². The number of benzene rings is 1. The van der Waals surface area contributed by atoms with Gasteiger partial charge in [-0.2, -0.15) is 0 Å². The van der Waals surface area contributed by atoms with Crippen molar-refractivity contribution in [2.45, 2.75) is 39.0 Å². The minimum atomic E-state index is -0.358. The maximum absolute atomic E-state index is 13.7. The quantitative estimate of drug-likeness (QED) is 0.836. The molecule has 1 aromatic carbocycles.